The SMILES string of the molecule is CC(C#N)Sc1nnc2n(C)c(=O)c3ccccc3n12. The topological polar surface area (TPSA) is 76.0 Å². The number of para-hydroxylation sites is 1. The predicted molar refractivity (Wildman–Crippen MR) is 76.7 cm³/mol. The Morgan fingerprint density at radius 3 is 2.85 bits per heavy atom. The molecule has 7 heteroatoms. The molecule has 2 heterocycles. The fourth-order valence-electron chi connectivity index (χ4n) is 2.07. The molecule has 0 N–H and O–H groups in total. The van der Waals surface area contributed by atoms with Gasteiger partial charge in [-0.2, -0.15) is 5.26 Å². The molecule has 100 valence electrons. The van der Waals surface area contributed by atoms with Crippen LogP contribution < -0.4 is 5.56 Å². The molecule has 0 aliphatic rings. The fraction of sp³-hybridized carbons (Fsp3) is 0.231. The second kappa shape index (κ2) is 4.65. The number of hydrogen-bond donors (Lipinski definition) is 0. The molecule has 2 aromatic heterocycles. The van der Waals surface area contributed by atoms with Crippen molar-refractivity contribution >= 4 is 28.4 Å². The molecule has 0 amide bonds. The lowest BCUT2D eigenvalue weighted by Gasteiger charge is -2.07. The van der Waals surface area contributed by atoms with Crippen LogP contribution in [0.2, 0.25) is 0 Å². The summed E-state index contributed by atoms with van der Waals surface area (Å²) in [5.41, 5.74) is 0.647. The molecule has 0 radical (unpaired) electrons. The number of fused-ring (bicyclic) bond motifs is 3. The summed E-state index contributed by atoms with van der Waals surface area (Å²) in [4.78, 5) is 12.3. The average Bonchev–Trinajstić information content (AvgIpc) is 2.88. The standard InChI is InChI=1S/C13H11N5OS/c1-8(7-14)20-13-16-15-12-17(2)11(19)9-5-3-4-6-10(9)18(12)13/h3-6,8H,1-2H3. The van der Waals surface area contributed by atoms with Crippen molar-refractivity contribution in [1.29, 1.82) is 5.26 Å². The molecule has 1 unspecified atom stereocenters. The number of nitriles is 1. The molecule has 0 aliphatic heterocycles. The molecule has 3 aromatic rings. The van der Waals surface area contributed by atoms with Crippen molar-refractivity contribution in [3.05, 3.63) is 34.6 Å². The molecule has 3 rings (SSSR count). The average molecular weight is 285 g/mol. The summed E-state index contributed by atoms with van der Waals surface area (Å²) in [5.74, 6) is 0.473. The summed E-state index contributed by atoms with van der Waals surface area (Å²) in [6, 6.07) is 9.48. The highest BCUT2D eigenvalue weighted by molar-refractivity contribution is 8.00. The summed E-state index contributed by atoms with van der Waals surface area (Å²) >= 11 is 1.32. The zero-order valence-electron chi connectivity index (χ0n) is 10.9. The first-order valence-corrected chi connectivity index (χ1v) is 6.90. The van der Waals surface area contributed by atoms with Crippen molar-refractivity contribution in [2.24, 2.45) is 7.05 Å². The van der Waals surface area contributed by atoms with Gasteiger partial charge in [-0.1, -0.05) is 23.9 Å². The zero-order valence-corrected chi connectivity index (χ0v) is 11.8. The summed E-state index contributed by atoms with van der Waals surface area (Å²) < 4.78 is 3.28. The molecule has 1 atom stereocenters. The summed E-state index contributed by atoms with van der Waals surface area (Å²) in [5, 5.41) is 18.1. The number of rotatable bonds is 2. The molecule has 0 aliphatic carbocycles. The van der Waals surface area contributed by atoms with Crippen LogP contribution in [0.3, 0.4) is 0 Å². The molecule has 0 saturated heterocycles. The number of nitrogens with zero attached hydrogens (tertiary/aromatic N) is 5. The quantitative estimate of drug-likeness (QED) is 0.668. The molecular weight excluding hydrogens is 274 g/mol. The van der Waals surface area contributed by atoms with Crippen molar-refractivity contribution in [1.82, 2.24) is 19.2 Å². The molecule has 6 nitrogen and oxygen atoms in total. The van der Waals surface area contributed by atoms with E-state index in [1.165, 1.54) is 16.3 Å². The van der Waals surface area contributed by atoms with Gasteiger partial charge in [-0.25, -0.2) is 0 Å². The van der Waals surface area contributed by atoms with Crippen LogP contribution in [-0.4, -0.2) is 24.4 Å². The normalized spacial score (nSPS) is 12.7. The Balaban J connectivity index is 2.42. The van der Waals surface area contributed by atoms with Crippen LogP contribution in [0.25, 0.3) is 16.7 Å². The Bertz CT molecular complexity index is 905. The van der Waals surface area contributed by atoms with Gasteiger partial charge in [0.15, 0.2) is 5.16 Å². The minimum atomic E-state index is -0.238. The first-order valence-electron chi connectivity index (χ1n) is 6.02. The number of aromatic nitrogens is 4. The highest BCUT2D eigenvalue weighted by Crippen LogP contribution is 2.24. The Morgan fingerprint density at radius 1 is 1.35 bits per heavy atom. The van der Waals surface area contributed by atoms with E-state index in [4.69, 9.17) is 5.26 Å². The second-order valence-corrected chi connectivity index (χ2v) is 5.70. The second-order valence-electron chi connectivity index (χ2n) is 4.39. The smallest absolute Gasteiger partial charge is 0.262 e. The lowest BCUT2D eigenvalue weighted by molar-refractivity contribution is 0.853. The monoisotopic (exact) mass is 285 g/mol. The summed E-state index contributed by atoms with van der Waals surface area (Å²) in [7, 11) is 1.67. The molecule has 0 saturated carbocycles. The van der Waals surface area contributed by atoms with Crippen LogP contribution in [0.4, 0.5) is 0 Å². The van der Waals surface area contributed by atoms with Gasteiger partial charge in [0.2, 0.25) is 5.78 Å². The van der Waals surface area contributed by atoms with Gasteiger partial charge < -0.3 is 0 Å². The Morgan fingerprint density at radius 2 is 2.10 bits per heavy atom. The van der Waals surface area contributed by atoms with E-state index in [2.05, 4.69) is 16.3 Å². The third-order valence-corrected chi connectivity index (χ3v) is 3.99. The van der Waals surface area contributed by atoms with Crippen LogP contribution in [0.1, 0.15) is 6.92 Å². The molecular formula is C13H11N5OS. The zero-order chi connectivity index (χ0) is 14.3. The van der Waals surface area contributed by atoms with E-state index >= 15 is 0 Å². The molecule has 20 heavy (non-hydrogen) atoms. The van der Waals surface area contributed by atoms with Crippen molar-refractivity contribution < 1.29 is 0 Å². The first kappa shape index (κ1) is 12.7. The van der Waals surface area contributed by atoms with Crippen molar-refractivity contribution in [2.45, 2.75) is 17.3 Å². The highest BCUT2D eigenvalue weighted by atomic mass is 32.2. The number of thioether (sulfide) groups is 1. The van der Waals surface area contributed by atoms with Gasteiger partial charge in [0.05, 0.1) is 22.2 Å². The van der Waals surface area contributed by atoms with E-state index in [1.807, 2.05) is 22.6 Å². The Kier molecular flexibility index (Phi) is 2.95. The van der Waals surface area contributed by atoms with Crippen LogP contribution in [-0.2, 0) is 7.05 Å². The van der Waals surface area contributed by atoms with Gasteiger partial charge in [0.1, 0.15) is 0 Å². The van der Waals surface area contributed by atoms with Crippen LogP contribution >= 0.6 is 11.8 Å². The largest absolute Gasteiger partial charge is 0.279 e. The van der Waals surface area contributed by atoms with Gasteiger partial charge in [-0.05, 0) is 19.1 Å². The van der Waals surface area contributed by atoms with E-state index in [1.54, 1.807) is 20.0 Å². The van der Waals surface area contributed by atoms with E-state index in [-0.39, 0.29) is 10.8 Å². The van der Waals surface area contributed by atoms with Crippen LogP contribution in [0.5, 0.6) is 0 Å². The first-order chi connectivity index (χ1) is 9.63. The van der Waals surface area contributed by atoms with Gasteiger partial charge in [0.25, 0.3) is 5.56 Å². The van der Waals surface area contributed by atoms with Gasteiger partial charge in [-0.3, -0.25) is 13.8 Å². The minimum absolute atomic E-state index is 0.106. The van der Waals surface area contributed by atoms with Crippen molar-refractivity contribution in [3.63, 3.8) is 0 Å². The van der Waals surface area contributed by atoms with Gasteiger partial charge >= 0.3 is 0 Å². The Hall–Kier alpha value is -2.33. The van der Waals surface area contributed by atoms with E-state index in [9.17, 15) is 4.79 Å². The lowest BCUT2D eigenvalue weighted by atomic mass is 10.2. The predicted octanol–water partition coefficient (Wildman–Crippen LogP) is 1.59. The maximum Gasteiger partial charge on any atom is 0.262 e. The maximum atomic E-state index is 12.3. The molecule has 0 spiro atoms. The van der Waals surface area contributed by atoms with Crippen molar-refractivity contribution in [3.8, 4) is 6.07 Å². The highest BCUT2D eigenvalue weighted by Gasteiger charge is 2.16. The lowest BCUT2D eigenvalue weighted by Crippen LogP contribution is -2.20. The fourth-order valence-corrected chi connectivity index (χ4v) is 2.81. The minimum Gasteiger partial charge on any atom is -0.279 e. The molecule has 0 fully saturated rings. The molecule has 1 aromatic carbocycles. The van der Waals surface area contributed by atoms with Gasteiger partial charge in [-0.15, -0.1) is 10.2 Å². The maximum absolute atomic E-state index is 12.3. The van der Waals surface area contributed by atoms with Crippen LogP contribution in [0.15, 0.2) is 34.2 Å². The van der Waals surface area contributed by atoms with E-state index in [0.717, 1.165) is 5.52 Å². The van der Waals surface area contributed by atoms with E-state index in [0.29, 0.717) is 16.3 Å². The summed E-state index contributed by atoms with van der Waals surface area (Å²) in [6.45, 7) is 1.80. The summed E-state index contributed by atoms with van der Waals surface area (Å²) in [6.07, 6.45) is 0. The number of aryl methyl sites for hydroxylation is 1. The van der Waals surface area contributed by atoms with Gasteiger partial charge in [0, 0.05) is 7.05 Å². The molecule has 0 bridgehead atoms. The third-order valence-electron chi connectivity index (χ3n) is 3.06. The third kappa shape index (κ3) is 1.77. The van der Waals surface area contributed by atoms with E-state index < -0.39 is 0 Å². The van der Waals surface area contributed by atoms with Crippen LogP contribution in [0, 0.1) is 11.3 Å². The number of hydrogen-bond acceptors (Lipinski definition) is 5. The number of benzene rings is 1. The Labute approximate surface area is 118 Å². The van der Waals surface area contributed by atoms with Crippen molar-refractivity contribution in [2.75, 3.05) is 0 Å².